The van der Waals surface area contributed by atoms with Crippen LogP contribution in [0.4, 0.5) is 5.69 Å². The summed E-state index contributed by atoms with van der Waals surface area (Å²) < 4.78 is 6.55. The highest BCUT2D eigenvalue weighted by molar-refractivity contribution is 9.10. The molecule has 2 aromatic carbocycles. The van der Waals surface area contributed by atoms with Gasteiger partial charge in [-0.1, -0.05) is 34.1 Å². The fourth-order valence-corrected chi connectivity index (χ4v) is 2.32. The lowest BCUT2D eigenvalue weighted by Crippen LogP contribution is -2.31. The number of ether oxygens (including phenoxy) is 1. The molecular weight excluding hydrogens is 384 g/mol. The maximum atomic E-state index is 12.4. The Labute approximate surface area is 155 Å². The van der Waals surface area contributed by atoms with Crippen molar-refractivity contribution in [3.8, 4) is 5.75 Å². The van der Waals surface area contributed by atoms with Crippen molar-refractivity contribution in [3.63, 3.8) is 0 Å². The molecule has 0 spiro atoms. The van der Waals surface area contributed by atoms with E-state index in [-0.39, 0.29) is 11.8 Å². The predicted molar refractivity (Wildman–Crippen MR) is 102 cm³/mol. The van der Waals surface area contributed by atoms with Gasteiger partial charge in [-0.2, -0.15) is 0 Å². The summed E-state index contributed by atoms with van der Waals surface area (Å²) in [5, 5.41) is 5.43. The summed E-state index contributed by atoms with van der Waals surface area (Å²) in [6.07, 6.45) is 0.873. The van der Waals surface area contributed by atoms with Crippen LogP contribution in [0.2, 0.25) is 0 Å². The van der Waals surface area contributed by atoms with Crippen LogP contribution >= 0.6 is 15.9 Å². The maximum Gasteiger partial charge on any atom is 0.265 e. The van der Waals surface area contributed by atoms with Crippen LogP contribution in [0.25, 0.3) is 0 Å². The average molecular weight is 403 g/mol. The molecule has 2 amide bonds. The number of benzene rings is 2. The van der Waals surface area contributed by atoms with Gasteiger partial charge in [-0.05, 0) is 43.3 Å². The molecule has 6 heteroatoms. The van der Waals surface area contributed by atoms with Gasteiger partial charge in [0.15, 0.2) is 6.10 Å². The molecule has 0 saturated carbocycles. The lowest BCUT2D eigenvalue weighted by molar-refractivity contribution is -0.122. The quantitative estimate of drug-likeness (QED) is 0.692. The minimum Gasteiger partial charge on any atom is -0.481 e. The summed E-state index contributed by atoms with van der Waals surface area (Å²) >= 11 is 3.35. The molecule has 0 unspecified atom stereocenters. The first-order chi connectivity index (χ1) is 12.0. The van der Waals surface area contributed by atoms with Gasteiger partial charge in [0, 0.05) is 11.0 Å². The highest BCUT2D eigenvalue weighted by Crippen LogP contribution is 2.19. The SMILES string of the molecule is C=CCNC(=O)c1ccccc1NC(=O)[C@H](C)Oc1ccc(Br)cc1. The Bertz CT molecular complexity index is 760. The molecule has 25 heavy (non-hydrogen) atoms. The van der Waals surface area contributed by atoms with Gasteiger partial charge in [-0.25, -0.2) is 0 Å². The monoisotopic (exact) mass is 402 g/mol. The fourth-order valence-electron chi connectivity index (χ4n) is 2.06. The Balaban J connectivity index is 2.05. The Morgan fingerprint density at radius 1 is 1.20 bits per heavy atom. The van der Waals surface area contributed by atoms with Gasteiger partial charge in [-0.3, -0.25) is 9.59 Å². The van der Waals surface area contributed by atoms with Crippen molar-refractivity contribution in [1.82, 2.24) is 5.32 Å². The molecule has 0 radical (unpaired) electrons. The Morgan fingerprint density at radius 2 is 1.88 bits per heavy atom. The van der Waals surface area contributed by atoms with E-state index in [4.69, 9.17) is 4.74 Å². The second-order valence-electron chi connectivity index (χ2n) is 5.25. The van der Waals surface area contributed by atoms with E-state index < -0.39 is 6.10 Å². The van der Waals surface area contributed by atoms with E-state index in [0.717, 1.165) is 4.47 Å². The summed E-state index contributed by atoms with van der Waals surface area (Å²) in [4.78, 5) is 24.5. The smallest absolute Gasteiger partial charge is 0.265 e. The predicted octanol–water partition coefficient (Wildman–Crippen LogP) is 3.77. The zero-order chi connectivity index (χ0) is 18.2. The molecule has 2 N–H and O–H groups in total. The van der Waals surface area contributed by atoms with E-state index in [0.29, 0.717) is 23.5 Å². The van der Waals surface area contributed by atoms with Crippen LogP contribution < -0.4 is 15.4 Å². The second-order valence-corrected chi connectivity index (χ2v) is 6.16. The zero-order valence-corrected chi connectivity index (χ0v) is 15.4. The van der Waals surface area contributed by atoms with Crippen LogP contribution in [-0.4, -0.2) is 24.5 Å². The van der Waals surface area contributed by atoms with Crippen molar-refractivity contribution in [3.05, 3.63) is 71.2 Å². The molecule has 2 aromatic rings. The van der Waals surface area contributed by atoms with Crippen molar-refractivity contribution in [2.75, 3.05) is 11.9 Å². The standard InChI is InChI=1S/C19H19BrN2O3/c1-3-12-21-19(24)16-6-4-5-7-17(16)22-18(23)13(2)25-15-10-8-14(20)9-11-15/h3-11,13H,1,12H2,2H3,(H,21,24)(H,22,23)/t13-/m0/s1. The van der Waals surface area contributed by atoms with Crippen LogP contribution in [0.1, 0.15) is 17.3 Å². The number of hydrogen-bond donors (Lipinski definition) is 2. The third kappa shape index (κ3) is 5.46. The fraction of sp³-hybridized carbons (Fsp3) is 0.158. The van der Waals surface area contributed by atoms with Crippen molar-refractivity contribution in [2.45, 2.75) is 13.0 Å². The van der Waals surface area contributed by atoms with Crippen LogP contribution in [-0.2, 0) is 4.79 Å². The third-order valence-electron chi connectivity index (χ3n) is 3.33. The first kappa shape index (κ1) is 18.7. The van der Waals surface area contributed by atoms with Crippen LogP contribution in [0.5, 0.6) is 5.75 Å². The van der Waals surface area contributed by atoms with E-state index in [1.165, 1.54) is 0 Å². The first-order valence-electron chi connectivity index (χ1n) is 7.72. The van der Waals surface area contributed by atoms with Gasteiger partial charge in [0.1, 0.15) is 5.75 Å². The molecule has 0 aliphatic rings. The summed E-state index contributed by atoms with van der Waals surface area (Å²) in [6.45, 7) is 5.56. The molecule has 1 atom stereocenters. The van der Waals surface area contributed by atoms with Crippen LogP contribution in [0, 0.1) is 0 Å². The molecule has 0 heterocycles. The number of carbonyl (C=O) groups excluding carboxylic acids is 2. The summed E-state index contributed by atoms with van der Waals surface area (Å²) in [5.74, 6) is -0.0352. The van der Waals surface area contributed by atoms with Gasteiger partial charge in [-0.15, -0.1) is 6.58 Å². The number of hydrogen-bond acceptors (Lipinski definition) is 3. The van der Waals surface area contributed by atoms with Crippen molar-refractivity contribution in [1.29, 1.82) is 0 Å². The number of nitrogens with one attached hydrogen (secondary N) is 2. The molecule has 0 aromatic heterocycles. The molecule has 2 rings (SSSR count). The van der Waals surface area contributed by atoms with E-state index in [2.05, 4.69) is 33.1 Å². The highest BCUT2D eigenvalue weighted by atomic mass is 79.9. The number of halogens is 1. The summed E-state index contributed by atoms with van der Waals surface area (Å²) in [5.41, 5.74) is 0.814. The molecule has 0 bridgehead atoms. The minimum atomic E-state index is -0.717. The number of carbonyl (C=O) groups is 2. The molecule has 5 nitrogen and oxygen atoms in total. The summed E-state index contributed by atoms with van der Waals surface area (Å²) in [6, 6.07) is 14.0. The van der Waals surface area contributed by atoms with Gasteiger partial charge in [0.05, 0.1) is 11.3 Å². The van der Waals surface area contributed by atoms with Gasteiger partial charge < -0.3 is 15.4 Å². The number of rotatable bonds is 7. The minimum absolute atomic E-state index is 0.280. The zero-order valence-electron chi connectivity index (χ0n) is 13.8. The lowest BCUT2D eigenvalue weighted by atomic mass is 10.1. The van der Waals surface area contributed by atoms with Gasteiger partial charge in [0.25, 0.3) is 11.8 Å². The average Bonchev–Trinajstić information content (AvgIpc) is 2.62. The van der Waals surface area contributed by atoms with E-state index in [9.17, 15) is 9.59 Å². The second kappa shape index (κ2) is 9.03. The maximum absolute atomic E-state index is 12.4. The summed E-state index contributed by atoms with van der Waals surface area (Å²) in [7, 11) is 0. The largest absolute Gasteiger partial charge is 0.481 e. The first-order valence-corrected chi connectivity index (χ1v) is 8.51. The van der Waals surface area contributed by atoms with Gasteiger partial charge in [0.2, 0.25) is 0 Å². The molecule has 0 fully saturated rings. The lowest BCUT2D eigenvalue weighted by Gasteiger charge is -2.16. The molecular formula is C19H19BrN2O3. The Kier molecular flexibility index (Phi) is 6.77. The molecule has 0 aliphatic heterocycles. The molecule has 130 valence electrons. The van der Waals surface area contributed by atoms with Gasteiger partial charge >= 0.3 is 0 Å². The van der Waals surface area contributed by atoms with Crippen molar-refractivity contribution < 1.29 is 14.3 Å². The van der Waals surface area contributed by atoms with Crippen LogP contribution in [0.15, 0.2) is 65.7 Å². The van der Waals surface area contributed by atoms with E-state index in [1.54, 1.807) is 49.4 Å². The number of para-hydroxylation sites is 1. The number of anilines is 1. The Morgan fingerprint density at radius 3 is 2.56 bits per heavy atom. The molecule has 0 saturated heterocycles. The van der Waals surface area contributed by atoms with Crippen molar-refractivity contribution >= 4 is 33.4 Å². The highest BCUT2D eigenvalue weighted by Gasteiger charge is 2.18. The topological polar surface area (TPSA) is 67.4 Å². The van der Waals surface area contributed by atoms with Crippen molar-refractivity contribution in [2.24, 2.45) is 0 Å². The number of amides is 2. The normalized spacial score (nSPS) is 11.3. The molecule has 0 aliphatic carbocycles. The van der Waals surface area contributed by atoms with E-state index in [1.807, 2.05) is 12.1 Å². The van der Waals surface area contributed by atoms with Crippen LogP contribution in [0.3, 0.4) is 0 Å². The Hall–Kier alpha value is -2.60. The third-order valence-corrected chi connectivity index (χ3v) is 3.86. The van der Waals surface area contributed by atoms with E-state index >= 15 is 0 Å².